The van der Waals surface area contributed by atoms with Gasteiger partial charge in [0.15, 0.2) is 0 Å². The van der Waals surface area contributed by atoms with Crippen LogP contribution >= 0.6 is 14.1 Å². The monoisotopic (exact) mass is 176 g/mol. The molecule has 1 aliphatic rings. The van der Waals surface area contributed by atoms with Crippen LogP contribution in [0.2, 0.25) is 10.6 Å². The Morgan fingerprint density at radius 1 is 1.00 bits per heavy atom. The van der Waals surface area contributed by atoms with E-state index < -0.39 is 0 Å². The molecule has 2 heteroatoms. The lowest BCUT2D eigenvalue weighted by atomic mass is 10.3. The van der Waals surface area contributed by atoms with Crippen LogP contribution in [0.15, 0.2) is 0 Å². The highest BCUT2D eigenvalue weighted by Crippen LogP contribution is 2.21. The number of hydrogen-bond acceptors (Lipinski definition) is 0. The fraction of sp³-hybridized carbons (Fsp3) is 1.00. The summed E-state index contributed by atoms with van der Waals surface area (Å²) in [5.74, 6) is 0. The van der Waals surface area contributed by atoms with Gasteiger partial charge in [-0.3, -0.25) is 0 Å². The molecule has 0 atom stereocenters. The molecule has 0 aromatic rings. The fourth-order valence-electron chi connectivity index (χ4n) is 1.05. The van der Waals surface area contributed by atoms with Gasteiger partial charge in [-0.15, -0.1) is 0 Å². The van der Waals surface area contributed by atoms with Crippen molar-refractivity contribution in [3.8, 4) is 0 Å². The molecule has 0 amide bonds. The van der Waals surface area contributed by atoms with Crippen molar-refractivity contribution in [1.29, 1.82) is 0 Å². The lowest BCUT2D eigenvalue weighted by Gasteiger charge is -2.09. The second kappa shape index (κ2) is 3.12. The van der Waals surface area contributed by atoms with Gasteiger partial charge in [-0.25, -0.2) is 14.1 Å². The van der Waals surface area contributed by atoms with Gasteiger partial charge in [0.1, 0.15) is 0 Å². The van der Waals surface area contributed by atoms with Gasteiger partial charge in [0.05, 0.1) is 0 Å². The summed E-state index contributed by atoms with van der Waals surface area (Å²) in [5, 5.41) is 3.08. The molecule has 1 heterocycles. The van der Waals surface area contributed by atoms with Gasteiger partial charge in [-0.2, -0.15) is 0 Å². The van der Waals surface area contributed by atoms with Crippen LogP contribution in [-0.4, -0.2) is 12.3 Å². The van der Waals surface area contributed by atoms with Crippen LogP contribution in [0.3, 0.4) is 0 Å². The molecule has 0 aromatic carbocycles. The highest BCUT2D eigenvalue weighted by molar-refractivity contribution is 9.24. The number of rotatable bonds is 0. The lowest BCUT2D eigenvalue weighted by Crippen LogP contribution is -2.06. The van der Waals surface area contributed by atoms with Gasteiger partial charge in [0, 0.05) is 0 Å². The SMILES string of the molecule is [Br][Al]1[CH2]CCC[CH2]1. The van der Waals surface area contributed by atoms with Gasteiger partial charge in [0.25, 0.3) is 0 Å². The molecule has 7 heavy (non-hydrogen) atoms. The molecule has 0 saturated carbocycles. The number of hydrogen-bond donors (Lipinski definition) is 0. The van der Waals surface area contributed by atoms with Crippen molar-refractivity contribution >= 4 is 26.4 Å². The third kappa shape index (κ3) is 2.17. The Bertz CT molecular complexity index is 50.0. The molecule has 0 unspecified atom stereocenters. The summed E-state index contributed by atoms with van der Waals surface area (Å²) in [4.78, 5) is 0. The summed E-state index contributed by atoms with van der Waals surface area (Å²) in [6.07, 6.45) is 4.50. The molecule has 0 aliphatic carbocycles. The van der Waals surface area contributed by atoms with E-state index in [0.717, 1.165) is 0 Å². The summed E-state index contributed by atoms with van der Waals surface area (Å²) in [6.45, 7) is 0. The third-order valence-corrected chi connectivity index (χ3v) is 6.35. The molecule has 40 valence electrons. The third-order valence-electron chi connectivity index (χ3n) is 1.53. The van der Waals surface area contributed by atoms with Crippen molar-refractivity contribution in [2.45, 2.75) is 29.8 Å². The Kier molecular flexibility index (Phi) is 2.74. The van der Waals surface area contributed by atoms with Crippen LogP contribution in [0.4, 0.5) is 0 Å². The molecule has 1 rings (SSSR count). The lowest BCUT2D eigenvalue weighted by molar-refractivity contribution is 0.732. The molecule has 1 saturated heterocycles. The molecular weight excluding hydrogens is 167 g/mol. The summed E-state index contributed by atoms with van der Waals surface area (Å²) < 4.78 is 0. The average Bonchev–Trinajstić information content (AvgIpc) is 1.69. The van der Waals surface area contributed by atoms with E-state index in [2.05, 4.69) is 14.1 Å². The van der Waals surface area contributed by atoms with Gasteiger partial charge in [-0.05, 0) is 0 Å². The predicted octanol–water partition coefficient (Wildman–Crippen LogP) is 2.56. The van der Waals surface area contributed by atoms with Crippen LogP contribution in [0, 0.1) is 0 Å². The molecule has 1 aliphatic heterocycles. The van der Waals surface area contributed by atoms with Crippen molar-refractivity contribution in [3.63, 3.8) is 0 Å². The first-order valence-corrected chi connectivity index (χ1v) is 7.85. The van der Waals surface area contributed by atoms with Crippen LogP contribution < -0.4 is 0 Å². The van der Waals surface area contributed by atoms with E-state index in [1.807, 2.05) is 0 Å². The van der Waals surface area contributed by atoms with Gasteiger partial charge in [-0.1, -0.05) is 29.8 Å². The standard InChI is InChI=1S/C5H10.Al.BrH/c1-3-5-4-2;;/h1-5H2;;1H/q;+1;/p-1. The minimum Gasteiger partial charge on any atom is -0.217 e. The molecule has 0 radical (unpaired) electrons. The Morgan fingerprint density at radius 2 is 1.57 bits per heavy atom. The van der Waals surface area contributed by atoms with Crippen LogP contribution in [0.1, 0.15) is 19.3 Å². The van der Waals surface area contributed by atoms with Crippen molar-refractivity contribution in [1.82, 2.24) is 0 Å². The maximum Gasteiger partial charge on any atom is 0.365 e. The Morgan fingerprint density at radius 3 is 1.86 bits per heavy atom. The molecule has 1 fully saturated rings. The van der Waals surface area contributed by atoms with Crippen molar-refractivity contribution in [2.75, 3.05) is 0 Å². The Hall–Kier alpha value is 1.01. The van der Waals surface area contributed by atoms with E-state index in [1.165, 1.54) is 19.3 Å². The minimum atomic E-state index is -0.282. The minimum absolute atomic E-state index is 0.282. The van der Waals surface area contributed by atoms with Crippen molar-refractivity contribution in [3.05, 3.63) is 0 Å². The highest BCUT2D eigenvalue weighted by atomic mass is 79.9. The molecule has 0 bridgehead atoms. The van der Waals surface area contributed by atoms with Gasteiger partial charge in [0.2, 0.25) is 0 Å². The first-order chi connectivity index (χ1) is 3.39. The van der Waals surface area contributed by atoms with Gasteiger partial charge >= 0.3 is 12.3 Å². The van der Waals surface area contributed by atoms with E-state index in [9.17, 15) is 0 Å². The van der Waals surface area contributed by atoms with E-state index in [4.69, 9.17) is 0 Å². The summed E-state index contributed by atoms with van der Waals surface area (Å²) in [7, 11) is 0. The number of halogens is 1. The van der Waals surface area contributed by atoms with E-state index in [0.29, 0.717) is 0 Å². The second-order valence-corrected chi connectivity index (χ2v) is 8.47. The second-order valence-electron chi connectivity index (χ2n) is 2.24. The molecule has 0 spiro atoms. The van der Waals surface area contributed by atoms with E-state index in [-0.39, 0.29) is 12.3 Å². The zero-order valence-corrected chi connectivity index (χ0v) is 7.23. The van der Waals surface area contributed by atoms with Crippen molar-refractivity contribution in [2.24, 2.45) is 0 Å². The first kappa shape index (κ1) is 6.14. The first-order valence-electron chi connectivity index (χ1n) is 3.03. The zero-order chi connectivity index (χ0) is 5.11. The molecule has 0 aromatic heterocycles. The van der Waals surface area contributed by atoms with Crippen LogP contribution in [0.5, 0.6) is 0 Å². The fourth-order valence-corrected chi connectivity index (χ4v) is 4.75. The largest absolute Gasteiger partial charge is 0.365 e. The maximum absolute atomic E-state index is 3.73. The molecule has 0 nitrogen and oxygen atoms in total. The Balaban J connectivity index is 2.12. The zero-order valence-electron chi connectivity index (χ0n) is 4.49. The topological polar surface area (TPSA) is 0 Å². The van der Waals surface area contributed by atoms with Gasteiger partial charge < -0.3 is 0 Å². The summed E-state index contributed by atoms with van der Waals surface area (Å²) in [5.41, 5.74) is 0. The van der Waals surface area contributed by atoms with E-state index >= 15 is 0 Å². The summed E-state index contributed by atoms with van der Waals surface area (Å²) >= 11 is 3.45. The Labute approximate surface area is 56.3 Å². The average molecular weight is 177 g/mol. The van der Waals surface area contributed by atoms with Crippen LogP contribution in [0.25, 0.3) is 0 Å². The van der Waals surface area contributed by atoms with Crippen molar-refractivity contribution < 1.29 is 0 Å². The summed E-state index contributed by atoms with van der Waals surface area (Å²) in [6, 6.07) is 0. The van der Waals surface area contributed by atoms with E-state index in [1.54, 1.807) is 10.6 Å². The van der Waals surface area contributed by atoms with Crippen LogP contribution in [-0.2, 0) is 0 Å². The maximum atomic E-state index is 3.73. The molecule has 0 N–H and O–H groups in total. The highest BCUT2D eigenvalue weighted by Gasteiger charge is 2.15. The normalized spacial score (nSPS) is 22.7. The predicted molar refractivity (Wildman–Crippen MR) is 38.1 cm³/mol. The smallest absolute Gasteiger partial charge is 0.217 e. The quantitative estimate of drug-likeness (QED) is 0.498. The molecular formula is C5H10AlBr.